The Bertz CT molecular complexity index is 1100. The number of urea groups is 1. The number of hydrogen-bond acceptors (Lipinski definition) is 6. The van der Waals surface area contributed by atoms with E-state index < -0.39 is 23.7 Å². The lowest BCUT2D eigenvalue weighted by Crippen LogP contribution is -2.45. The van der Waals surface area contributed by atoms with Gasteiger partial charge in [-0.05, 0) is 55.8 Å². The van der Waals surface area contributed by atoms with Gasteiger partial charge < -0.3 is 19.4 Å². The summed E-state index contributed by atoms with van der Waals surface area (Å²) in [5, 5.41) is 0. The average molecular weight is 475 g/mol. The van der Waals surface area contributed by atoms with Crippen molar-refractivity contribution in [1.29, 1.82) is 0 Å². The minimum atomic E-state index is -4.82. The molecule has 3 fully saturated rings. The number of hydrogen-bond donors (Lipinski definition) is 0. The van der Waals surface area contributed by atoms with E-state index in [1.165, 1.54) is 12.1 Å². The molecule has 11 heteroatoms. The molecular weight excluding hydrogens is 451 g/mol. The second-order valence-electron chi connectivity index (χ2n) is 8.88. The average Bonchev–Trinajstić information content (AvgIpc) is 3.57. The molecule has 5 rings (SSSR count). The van der Waals surface area contributed by atoms with Crippen LogP contribution in [0.25, 0.3) is 0 Å². The van der Waals surface area contributed by atoms with Gasteiger partial charge in [0.1, 0.15) is 11.3 Å². The third kappa shape index (κ3) is 4.04. The van der Waals surface area contributed by atoms with Crippen LogP contribution < -0.4 is 14.5 Å². The second-order valence-corrected chi connectivity index (χ2v) is 8.88. The van der Waals surface area contributed by atoms with E-state index in [-0.39, 0.29) is 18.1 Å². The molecule has 0 radical (unpaired) electrons. The number of anilines is 2. The first-order chi connectivity index (χ1) is 16.2. The molecule has 0 bridgehead atoms. The van der Waals surface area contributed by atoms with Gasteiger partial charge in [0.2, 0.25) is 0 Å². The number of nitrogens with zero attached hydrogens (tertiary/aromatic N) is 5. The fraction of sp³-hybridized carbons (Fsp3) is 0.435. The van der Waals surface area contributed by atoms with Crippen LogP contribution in [0.1, 0.15) is 18.4 Å². The Morgan fingerprint density at radius 3 is 2.32 bits per heavy atom. The Balaban J connectivity index is 1.39. The lowest BCUT2D eigenvalue weighted by atomic mass is 10.1. The van der Waals surface area contributed by atoms with E-state index in [2.05, 4.69) is 26.6 Å². The Hall–Kier alpha value is -3.34. The zero-order valence-electron chi connectivity index (χ0n) is 18.6. The SMILES string of the molecule is CN1CCN(c2cnccc2CN2C(=O)N(c3ccc(OC(F)(F)F)cc3)C(=O)C23CC3)CC1. The lowest BCUT2D eigenvalue weighted by Gasteiger charge is -2.35. The molecule has 1 aromatic carbocycles. The summed E-state index contributed by atoms with van der Waals surface area (Å²) in [6.45, 7) is 3.76. The number of likely N-dealkylation sites (N-methyl/N-ethyl adjacent to an activating group) is 1. The summed E-state index contributed by atoms with van der Waals surface area (Å²) in [5.74, 6) is -0.765. The van der Waals surface area contributed by atoms with Gasteiger partial charge >= 0.3 is 12.4 Å². The van der Waals surface area contributed by atoms with Crippen LogP contribution in [-0.2, 0) is 11.3 Å². The van der Waals surface area contributed by atoms with Gasteiger partial charge in [-0.15, -0.1) is 13.2 Å². The van der Waals surface area contributed by atoms with Crippen LogP contribution in [0.5, 0.6) is 5.75 Å². The van der Waals surface area contributed by atoms with E-state index in [9.17, 15) is 22.8 Å². The van der Waals surface area contributed by atoms with Crippen LogP contribution in [-0.4, -0.2) is 71.9 Å². The maximum atomic E-state index is 13.4. The highest BCUT2D eigenvalue weighted by molar-refractivity contribution is 6.24. The molecule has 2 aromatic rings. The van der Waals surface area contributed by atoms with E-state index in [4.69, 9.17) is 0 Å². The first-order valence-corrected chi connectivity index (χ1v) is 11.1. The van der Waals surface area contributed by atoms with Crippen molar-refractivity contribution in [3.63, 3.8) is 0 Å². The van der Waals surface area contributed by atoms with Gasteiger partial charge in [0, 0.05) is 32.4 Å². The number of imide groups is 1. The Kier molecular flexibility index (Phi) is 5.38. The molecule has 1 aromatic heterocycles. The molecule has 34 heavy (non-hydrogen) atoms. The summed E-state index contributed by atoms with van der Waals surface area (Å²) in [6.07, 6.45) is -0.244. The van der Waals surface area contributed by atoms with Crippen molar-refractivity contribution in [2.75, 3.05) is 43.0 Å². The van der Waals surface area contributed by atoms with E-state index in [1.807, 2.05) is 6.07 Å². The van der Waals surface area contributed by atoms with E-state index in [1.54, 1.807) is 17.3 Å². The monoisotopic (exact) mass is 475 g/mol. The van der Waals surface area contributed by atoms with Crippen molar-refractivity contribution in [3.8, 4) is 5.75 Å². The molecule has 3 aliphatic rings. The summed E-state index contributed by atoms with van der Waals surface area (Å²) < 4.78 is 41.3. The first kappa shape index (κ1) is 22.5. The highest BCUT2D eigenvalue weighted by Gasteiger charge is 2.65. The maximum absolute atomic E-state index is 13.4. The molecule has 0 N–H and O–H groups in total. The fourth-order valence-electron chi connectivity index (χ4n) is 4.61. The molecule has 3 heterocycles. The zero-order chi connectivity index (χ0) is 24.1. The van der Waals surface area contributed by atoms with Crippen molar-refractivity contribution in [2.24, 2.45) is 0 Å². The van der Waals surface area contributed by atoms with E-state index >= 15 is 0 Å². The molecule has 2 aliphatic heterocycles. The minimum absolute atomic E-state index is 0.215. The van der Waals surface area contributed by atoms with Crippen molar-refractivity contribution < 1.29 is 27.5 Å². The molecule has 2 saturated heterocycles. The molecule has 8 nitrogen and oxygen atoms in total. The van der Waals surface area contributed by atoms with Crippen LogP contribution in [0.4, 0.5) is 29.3 Å². The smallest absolute Gasteiger partial charge is 0.406 e. The maximum Gasteiger partial charge on any atom is 0.573 e. The van der Waals surface area contributed by atoms with E-state index in [0.717, 1.165) is 54.5 Å². The number of aromatic nitrogens is 1. The lowest BCUT2D eigenvalue weighted by molar-refractivity contribution is -0.274. The minimum Gasteiger partial charge on any atom is -0.406 e. The largest absolute Gasteiger partial charge is 0.573 e. The molecule has 3 amide bonds. The Morgan fingerprint density at radius 2 is 1.71 bits per heavy atom. The highest BCUT2D eigenvalue weighted by Crippen LogP contribution is 2.50. The Labute approximate surface area is 194 Å². The fourth-order valence-corrected chi connectivity index (χ4v) is 4.61. The molecule has 1 spiro atoms. The quantitative estimate of drug-likeness (QED) is 0.619. The van der Waals surface area contributed by atoms with Crippen molar-refractivity contribution in [2.45, 2.75) is 31.3 Å². The van der Waals surface area contributed by atoms with Gasteiger partial charge in [0.15, 0.2) is 0 Å². The van der Waals surface area contributed by atoms with Crippen LogP contribution in [0.15, 0.2) is 42.7 Å². The number of ether oxygens (including phenoxy) is 1. The van der Waals surface area contributed by atoms with Gasteiger partial charge in [-0.25, -0.2) is 9.69 Å². The second kappa shape index (κ2) is 8.15. The van der Waals surface area contributed by atoms with Crippen molar-refractivity contribution in [1.82, 2.24) is 14.8 Å². The molecule has 180 valence electrons. The number of rotatable bonds is 5. The number of piperazine rings is 1. The molecule has 0 unspecified atom stereocenters. The molecule has 1 aliphatic carbocycles. The predicted octanol–water partition coefficient (Wildman–Crippen LogP) is 3.23. The van der Waals surface area contributed by atoms with Gasteiger partial charge in [-0.1, -0.05) is 0 Å². The number of benzene rings is 1. The van der Waals surface area contributed by atoms with Gasteiger partial charge in [0.05, 0.1) is 24.1 Å². The number of carbonyl (C=O) groups is 2. The van der Waals surface area contributed by atoms with Crippen molar-refractivity contribution in [3.05, 3.63) is 48.3 Å². The Morgan fingerprint density at radius 1 is 1.03 bits per heavy atom. The number of halogens is 3. The van der Waals surface area contributed by atoms with Crippen LogP contribution in [0, 0.1) is 0 Å². The molecule has 0 atom stereocenters. The van der Waals surface area contributed by atoms with Gasteiger partial charge in [-0.2, -0.15) is 0 Å². The van der Waals surface area contributed by atoms with Crippen LogP contribution in [0.3, 0.4) is 0 Å². The van der Waals surface area contributed by atoms with Crippen LogP contribution >= 0.6 is 0 Å². The zero-order valence-corrected chi connectivity index (χ0v) is 18.6. The number of alkyl halides is 3. The number of amides is 3. The number of pyridine rings is 1. The van der Waals surface area contributed by atoms with E-state index in [0.29, 0.717) is 12.8 Å². The molecular formula is C23H24F3N5O3. The topological polar surface area (TPSA) is 69.2 Å². The standard InChI is InChI=1S/C23H24F3N5O3/c1-28-10-12-29(13-11-28)19-14-27-9-6-16(19)15-30-21(33)31(20(32)22(30)7-8-22)17-2-4-18(5-3-17)34-23(24,25)26/h2-6,9,14H,7-8,10-13,15H2,1H3. The normalized spacial score (nSPS) is 20.4. The molecule has 1 saturated carbocycles. The van der Waals surface area contributed by atoms with Crippen LogP contribution in [0.2, 0.25) is 0 Å². The number of carbonyl (C=O) groups excluding carboxylic acids is 2. The van der Waals surface area contributed by atoms with Gasteiger partial charge in [-0.3, -0.25) is 9.78 Å². The summed E-state index contributed by atoms with van der Waals surface area (Å²) in [5.41, 5.74) is 1.16. The van der Waals surface area contributed by atoms with Crippen molar-refractivity contribution >= 4 is 23.3 Å². The highest BCUT2D eigenvalue weighted by atomic mass is 19.4. The third-order valence-corrected chi connectivity index (χ3v) is 6.65. The van der Waals surface area contributed by atoms with Gasteiger partial charge in [0.25, 0.3) is 5.91 Å². The summed E-state index contributed by atoms with van der Waals surface area (Å²) in [6, 6.07) is 6.16. The summed E-state index contributed by atoms with van der Waals surface area (Å²) >= 11 is 0. The first-order valence-electron chi connectivity index (χ1n) is 11.1. The predicted molar refractivity (Wildman–Crippen MR) is 117 cm³/mol. The summed E-state index contributed by atoms with van der Waals surface area (Å²) in [7, 11) is 2.07. The third-order valence-electron chi connectivity index (χ3n) is 6.65. The summed E-state index contributed by atoms with van der Waals surface area (Å²) in [4.78, 5) is 38.1.